The fourth-order valence-electron chi connectivity index (χ4n) is 3.03. The van der Waals surface area contributed by atoms with E-state index in [1.54, 1.807) is 17.0 Å². The standard InChI is InChI=1S/C22H26N2O4/c1-2-27-20-7-9-21(10-8-20)28-16-13-23-22(26)24-14-11-18(12-15-24)17-3-5-19(25)6-4-17/h3-11,25H,2,12-16H2,1H3,(H,23,26). The zero-order valence-corrected chi connectivity index (χ0v) is 16.1. The number of phenols is 1. The largest absolute Gasteiger partial charge is 0.508 e. The lowest BCUT2D eigenvalue weighted by molar-refractivity contribution is 0.200. The summed E-state index contributed by atoms with van der Waals surface area (Å²) >= 11 is 0. The molecule has 0 aromatic heterocycles. The third-order valence-electron chi connectivity index (χ3n) is 4.52. The zero-order chi connectivity index (χ0) is 19.8. The first-order chi connectivity index (χ1) is 13.7. The minimum Gasteiger partial charge on any atom is -0.508 e. The molecular formula is C22H26N2O4. The summed E-state index contributed by atoms with van der Waals surface area (Å²) in [6.07, 6.45) is 2.85. The highest BCUT2D eigenvalue weighted by molar-refractivity contribution is 5.76. The van der Waals surface area contributed by atoms with E-state index in [0.29, 0.717) is 32.8 Å². The number of carbonyl (C=O) groups excluding carboxylic acids is 1. The molecular weight excluding hydrogens is 356 g/mol. The lowest BCUT2D eigenvalue weighted by atomic mass is 9.99. The van der Waals surface area contributed by atoms with Crippen LogP contribution < -0.4 is 14.8 Å². The van der Waals surface area contributed by atoms with Gasteiger partial charge < -0.3 is 24.8 Å². The van der Waals surface area contributed by atoms with E-state index in [9.17, 15) is 9.90 Å². The summed E-state index contributed by atoms with van der Waals surface area (Å²) in [4.78, 5) is 14.1. The molecule has 0 spiro atoms. The molecule has 148 valence electrons. The van der Waals surface area contributed by atoms with Crippen molar-refractivity contribution in [3.63, 3.8) is 0 Å². The number of rotatable bonds is 7. The molecule has 0 aliphatic carbocycles. The molecule has 0 bridgehead atoms. The minimum atomic E-state index is -0.0868. The molecule has 1 heterocycles. The maximum atomic E-state index is 12.3. The van der Waals surface area contributed by atoms with Gasteiger partial charge >= 0.3 is 6.03 Å². The minimum absolute atomic E-state index is 0.0868. The molecule has 28 heavy (non-hydrogen) atoms. The van der Waals surface area contributed by atoms with Gasteiger partial charge in [-0.25, -0.2) is 4.79 Å². The molecule has 6 heteroatoms. The van der Waals surface area contributed by atoms with E-state index >= 15 is 0 Å². The quantitative estimate of drug-likeness (QED) is 0.717. The van der Waals surface area contributed by atoms with Crippen LogP contribution in [0.4, 0.5) is 4.79 Å². The first-order valence-corrected chi connectivity index (χ1v) is 9.52. The van der Waals surface area contributed by atoms with Crippen LogP contribution in [-0.2, 0) is 0 Å². The predicted molar refractivity (Wildman–Crippen MR) is 109 cm³/mol. The van der Waals surface area contributed by atoms with Gasteiger partial charge in [-0.15, -0.1) is 0 Å². The van der Waals surface area contributed by atoms with Crippen LogP contribution in [0.2, 0.25) is 0 Å². The average molecular weight is 382 g/mol. The van der Waals surface area contributed by atoms with Crippen LogP contribution >= 0.6 is 0 Å². The number of carbonyl (C=O) groups is 1. The average Bonchev–Trinajstić information content (AvgIpc) is 2.73. The van der Waals surface area contributed by atoms with Crippen molar-refractivity contribution in [2.75, 3.05) is 32.8 Å². The number of amides is 2. The fraction of sp³-hybridized carbons (Fsp3) is 0.318. The maximum absolute atomic E-state index is 12.3. The Morgan fingerprint density at radius 2 is 1.75 bits per heavy atom. The Morgan fingerprint density at radius 1 is 1.07 bits per heavy atom. The number of phenolic OH excluding ortho intramolecular Hbond substituents is 1. The Bertz CT molecular complexity index is 800. The highest BCUT2D eigenvalue weighted by Gasteiger charge is 2.17. The van der Waals surface area contributed by atoms with E-state index in [4.69, 9.17) is 9.47 Å². The molecule has 2 N–H and O–H groups in total. The molecule has 1 aliphatic rings. The number of nitrogens with zero attached hydrogens (tertiary/aromatic N) is 1. The molecule has 0 saturated carbocycles. The van der Waals surface area contributed by atoms with Crippen molar-refractivity contribution < 1.29 is 19.4 Å². The summed E-state index contributed by atoms with van der Waals surface area (Å²) in [5.41, 5.74) is 2.28. The summed E-state index contributed by atoms with van der Waals surface area (Å²) in [6, 6.07) is 14.5. The van der Waals surface area contributed by atoms with E-state index in [-0.39, 0.29) is 11.8 Å². The van der Waals surface area contributed by atoms with E-state index in [1.165, 1.54) is 5.57 Å². The number of nitrogens with one attached hydrogen (secondary N) is 1. The van der Waals surface area contributed by atoms with Gasteiger partial charge in [-0.05, 0) is 60.9 Å². The fourth-order valence-corrected chi connectivity index (χ4v) is 3.03. The first kappa shape index (κ1) is 19.6. The normalized spacial score (nSPS) is 13.6. The monoisotopic (exact) mass is 382 g/mol. The van der Waals surface area contributed by atoms with Crippen LogP contribution in [0.5, 0.6) is 17.2 Å². The van der Waals surface area contributed by atoms with Gasteiger partial charge in [0, 0.05) is 13.1 Å². The molecule has 0 atom stereocenters. The Balaban J connectivity index is 1.39. The van der Waals surface area contributed by atoms with Crippen molar-refractivity contribution in [3.8, 4) is 17.2 Å². The van der Waals surface area contributed by atoms with Crippen molar-refractivity contribution in [2.45, 2.75) is 13.3 Å². The third-order valence-corrected chi connectivity index (χ3v) is 4.52. The topological polar surface area (TPSA) is 71.0 Å². The summed E-state index contributed by atoms with van der Waals surface area (Å²) in [7, 11) is 0. The van der Waals surface area contributed by atoms with E-state index in [2.05, 4.69) is 11.4 Å². The second-order valence-electron chi connectivity index (χ2n) is 6.46. The van der Waals surface area contributed by atoms with Crippen LogP contribution in [0, 0.1) is 0 Å². The number of aromatic hydroxyl groups is 1. The molecule has 2 amide bonds. The number of ether oxygens (including phenoxy) is 2. The van der Waals surface area contributed by atoms with Crippen LogP contribution in [0.1, 0.15) is 18.9 Å². The second-order valence-corrected chi connectivity index (χ2v) is 6.46. The summed E-state index contributed by atoms with van der Waals surface area (Å²) in [6.45, 7) is 4.66. The number of benzene rings is 2. The lowest BCUT2D eigenvalue weighted by Crippen LogP contribution is -2.43. The van der Waals surface area contributed by atoms with Gasteiger partial charge in [0.05, 0.1) is 13.2 Å². The van der Waals surface area contributed by atoms with E-state index < -0.39 is 0 Å². The van der Waals surface area contributed by atoms with Crippen molar-refractivity contribution in [3.05, 3.63) is 60.2 Å². The second kappa shape index (κ2) is 9.69. The molecule has 3 rings (SSSR count). The maximum Gasteiger partial charge on any atom is 0.317 e. The molecule has 2 aromatic carbocycles. The molecule has 2 aromatic rings. The highest BCUT2D eigenvalue weighted by atomic mass is 16.5. The van der Waals surface area contributed by atoms with E-state index in [0.717, 1.165) is 23.5 Å². The van der Waals surface area contributed by atoms with Crippen LogP contribution in [0.25, 0.3) is 5.57 Å². The van der Waals surface area contributed by atoms with Gasteiger partial charge in [-0.1, -0.05) is 18.2 Å². The van der Waals surface area contributed by atoms with Gasteiger partial charge in [-0.3, -0.25) is 0 Å². The Kier molecular flexibility index (Phi) is 6.78. The molecule has 0 unspecified atom stereocenters. The molecule has 0 saturated heterocycles. The van der Waals surface area contributed by atoms with Crippen molar-refractivity contribution in [1.82, 2.24) is 10.2 Å². The smallest absolute Gasteiger partial charge is 0.317 e. The van der Waals surface area contributed by atoms with E-state index in [1.807, 2.05) is 43.3 Å². The van der Waals surface area contributed by atoms with Crippen molar-refractivity contribution in [2.24, 2.45) is 0 Å². The molecule has 1 aliphatic heterocycles. The Hall–Kier alpha value is -3.15. The van der Waals surface area contributed by atoms with Crippen molar-refractivity contribution in [1.29, 1.82) is 0 Å². The summed E-state index contributed by atoms with van der Waals surface area (Å²) in [5, 5.41) is 12.3. The van der Waals surface area contributed by atoms with Crippen LogP contribution in [0.15, 0.2) is 54.6 Å². The van der Waals surface area contributed by atoms with Gasteiger partial charge in [0.15, 0.2) is 0 Å². The SMILES string of the molecule is CCOc1ccc(OCCNC(=O)N2CC=C(c3ccc(O)cc3)CC2)cc1. The van der Waals surface area contributed by atoms with Crippen molar-refractivity contribution >= 4 is 11.6 Å². The van der Waals surface area contributed by atoms with Crippen LogP contribution in [0.3, 0.4) is 0 Å². The summed E-state index contributed by atoms with van der Waals surface area (Å²) < 4.78 is 11.0. The van der Waals surface area contributed by atoms with Gasteiger partial charge in [-0.2, -0.15) is 0 Å². The van der Waals surface area contributed by atoms with Gasteiger partial charge in [0.1, 0.15) is 23.9 Å². The first-order valence-electron chi connectivity index (χ1n) is 9.52. The highest BCUT2D eigenvalue weighted by Crippen LogP contribution is 2.24. The number of urea groups is 1. The number of hydrogen-bond donors (Lipinski definition) is 2. The van der Waals surface area contributed by atoms with Gasteiger partial charge in [0.2, 0.25) is 0 Å². The molecule has 0 fully saturated rings. The lowest BCUT2D eigenvalue weighted by Gasteiger charge is -2.27. The third kappa shape index (κ3) is 5.42. The van der Waals surface area contributed by atoms with Crippen LogP contribution in [-0.4, -0.2) is 48.9 Å². The Morgan fingerprint density at radius 3 is 2.36 bits per heavy atom. The zero-order valence-electron chi connectivity index (χ0n) is 16.1. The van der Waals surface area contributed by atoms with Gasteiger partial charge in [0.25, 0.3) is 0 Å². The molecule has 0 radical (unpaired) electrons. The predicted octanol–water partition coefficient (Wildman–Crippen LogP) is 3.67. The Labute approximate surface area is 165 Å². The number of hydrogen-bond acceptors (Lipinski definition) is 4. The molecule has 6 nitrogen and oxygen atoms in total. The summed E-state index contributed by atoms with van der Waals surface area (Å²) in [5.74, 6) is 1.82.